The second-order valence-electron chi connectivity index (χ2n) is 5.96. The SMILES string of the molecule is CC(=O)N[C@H]1C(=O)N(CCCOc2ccc(Cl)cc2)c2c(Cl)cccc21. The van der Waals surface area contributed by atoms with Gasteiger partial charge in [0.25, 0.3) is 5.91 Å². The minimum atomic E-state index is -0.696. The molecule has 0 fully saturated rings. The molecule has 136 valence electrons. The van der Waals surface area contributed by atoms with Crippen LogP contribution in [0.1, 0.15) is 24.9 Å². The highest BCUT2D eigenvalue weighted by molar-refractivity contribution is 6.34. The molecule has 1 N–H and O–H groups in total. The van der Waals surface area contributed by atoms with Crippen LogP contribution in [0, 0.1) is 0 Å². The second-order valence-corrected chi connectivity index (χ2v) is 6.80. The number of hydrogen-bond acceptors (Lipinski definition) is 3. The predicted octanol–water partition coefficient (Wildman–Crippen LogP) is 3.99. The van der Waals surface area contributed by atoms with Gasteiger partial charge in [-0.1, -0.05) is 35.3 Å². The lowest BCUT2D eigenvalue weighted by Gasteiger charge is -2.19. The maximum absolute atomic E-state index is 12.7. The Balaban J connectivity index is 1.66. The molecule has 2 aromatic rings. The van der Waals surface area contributed by atoms with Gasteiger partial charge in [0, 0.05) is 24.1 Å². The van der Waals surface area contributed by atoms with Crippen LogP contribution >= 0.6 is 23.2 Å². The average Bonchev–Trinajstić information content (AvgIpc) is 2.86. The molecular weight excluding hydrogens is 375 g/mol. The highest BCUT2D eigenvalue weighted by atomic mass is 35.5. The summed E-state index contributed by atoms with van der Waals surface area (Å²) >= 11 is 12.2. The summed E-state index contributed by atoms with van der Waals surface area (Å²) in [6, 6.07) is 11.7. The summed E-state index contributed by atoms with van der Waals surface area (Å²) in [6.07, 6.45) is 0.617. The van der Waals surface area contributed by atoms with E-state index in [1.807, 2.05) is 6.07 Å². The van der Waals surface area contributed by atoms with Gasteiger partial charge >= 0.3 is 0 Å². The van der Waals surface area contributed by atoms with E-state index in [-0.39, 0.29) is 11.8 Å². The van der Waals surface area contributed by atoms with Gasteiger partial charge in [-0.3, -0.25) is 9.59 Å². The zero-order valence-electron chi connectivity index (χ0n) is 14.2. The zero-order chi connectivity index (χ0) is 18.7. The molecular formula is C19H18Cl2N2O3. The van der Waals surface area contributed by atoms with Crippen LogP contribution in [0.25, 0.3) is 0 Å². The number of nitrogens with zero attached hydrogens (tertiary/aromatic N) is 1. The summed E-state index contributed by atoms with van der Waals surface area (Å²) < 4.78 is 5.67. The maximum atomic E-state index is 12.7. The molecule has 0 aliphatic carbocycles. The number of carbonyl (C=O) groups excluding carboxylic acids is 2. The molecule has 1 atom stereocenters. The van der Waals surface area contributed by atoms with Crippen LogP contribution in [-0.4, -0.2) is 25.0 Å². The zero-order valence-corrected chi connectivity index (χ0v) is 15.7. The lowest BCUT2D eigenvalue weighted by atomic mass is 10.1. The molecule has 0 saturated heterocycles. The monoisotopic (exact) mass is 392 g/mol. The van der Waals surface area contributed by atoms with Crippen molar-refractivity contribution in [1.29, 1.82) is 0 Å². The van der Waals surface area contributed by atoms with Crippen molar-refractivity contribution < 1.29 is 14.3 Å². The first-order valence-electron chi connectivity index (χ1n) is 8.22. The van der Waals surface area contributed by atoms with Crippen molar-refractivity contribution >= 4 is 40.7 Å². The van der Waals surface area contributed by atoms with Gasteiger partial charge < -0.3 is 15.0 Å². The number of ether oxygens (including phenoxy) is 1. The molecule has 0 unspecified atom stereocenters. The van der Waals surface area contributed by atoms with Gasteiger partial charge in [-0.05, 0) is 36.8 Å². The Morgan fingerprint density at radius 1 is 1.19 bits per heavy atom. The van der Waals surface area contributed by atoms with E-state index in [9.17, 15) is 9.59 Å². The molecule has 0 aromatic heterocycles. The summed E-state index contributed by atoms with van der Waals surface area (Å²) in [5.41, 5.74) is 1.38. The van der Waals surface area contributed by atoms with E-state index in [0.29, 0.717) is 35.3 Å². The van der Waals surface area contributed by atoms with Crippen LogP contribution < -0.4 is 15.0 Å². The number of para-hydroxylation sites is 1. The normalized spacial score (nSPS) is 15.7. The minimum Gasteiger partial charge on any atom is -0.494 e. The largest absolute Gasteiger partial charge is 0.494 e. The van der Waals surface area contributed by atoms with E-state index in [1.165, 1.54) is 6.92 Å². The van der Waals surface area contributed by atoms with Crippen molar-refractivity contribution in [3.05, 3.63) is 58.1 Å². The van der Waals surface area contributed by atoms with Gasteiger partial charge in [-0.2, -0.15) is 0 Å². The second kappa shape index (κ2) is 7.98. The molecule has 1 heterocycles. The van der Waals surface area contributed by atoms with Gasteiger partial charge in [0.05, 0.1) is 17.3 Å². The van der Waals surface area contributed by atoms with Crippen LogP contribution in [-0.2, 0) is 9.59 Å². The number of halogens is 2. The van der Waals surface area contributed by atoms with Crippen molar-refractivity contribution in [1.82, 2.24) is 5.32 Å². The first-order chi connectivity index (χ1) is 12.5. The third-order valence-corrected chi connectivity index (χ3v) is 4.62. The lowest BCUT2D eigenvalue weighted by molar-refractivity contribution is -0.126. The molecule has 2 aromatic carbocycles. The van der Waals surface area contributed by atoms with Crippen LogP contribution in [0.3, 0.4) is 0 Å². The fourth-order valence-electron chi connectivity index (χ4n) is 2.96. The number of benzene rings is 2. The van der Waals surface area contributed by atoms with Crippen molar-refractivity contribution in [3.8, 4) is 5.75 Å². The number of carbonyl (C=O) groups is 2. The van der Waals surface area contributed by atoms with E-state index in [1.54, 1.807) is 41.3 Å². The minimum absolute atomic E-state index is 0.185. The Labute approximate surface area is 161 Å². The van der Waals surface area contributed by atoms with Gasteiger partial charge in [0.1, 0.15) is 11.8 Å². The molecule has 26 heavy (non-hydrogen) atoms. The van der Waals surface area contributed by atoms with Crippen LogP contribution in [0.2, 0.25) is 10.0 Å². The Kier molecular flexibility index (Phi) is 5.69. The number of nitrogens with one attached hydrogen (secondary N) is 1. The summed E-state index contributed by atoms with van der Waals surface area (Å²) in [7, 11) is 0. The van der Waals surface area contributed by atoms with Crippen molar-refractivity contribution in [3.63, 3.8) is 0 Å². The van der Waals surface area contributed by atoms with Crippen LogP contribution in [0.4, 0.5) is 5.69 Å². The van der Waals surface area contributed by atoms with Crippen LogP contribution in [0.15, 0.2) is 42.5 Å². The molecule has 2 amide bonds. The fourth-order valence-corrected chi connectivity index (χ4v) is 3.37. The van der Waals surface area contributed by atoms with Crippen molar-refractivity contribution in [2.75, 3.05) is 18.1 Å². The molecule has 0 saturated carbocycles. The maximum Gasteiger partial charge on any atom is 0.254 e. The van der Waals surface area contributed by atoms with E-state index in [2.05, 4.69) is 5.32 Å². The summed E-state index contributed by atoms with van der Waals surface area (Å²) in [5.74, 6) is 0.272. The molecule has 0 bridgehead atoms. The summed E-state index contributed by atoms with van der Waals surface area (Å²) in [5, 5.41) is 3.83. The molecule has 1 aliphatic heterocycles. The topological polar surface area (TPSA) is 58.6 Å². The third kappa shape index (κ3) is 3.94. The Morgan fingerprint density at radius 3 is 2.62 bits per heavy atom. The molecule has 1 aliphatic rings. The van der Waals surface area contributed by atoms with Crippen molar-refractivity contribution in [2.45, 2.75) is 19.4 Å². The molecule has 0 spiro atoms. The third-order valence-electron chi connectivity index (χ3n) is 4.07. The van der Waals surface area contributed by atoms with E-state index in [4.69, 9.17) is 27.9 Å². The standard InChI is InChI=1S/C19H18Cl2N2O3/c1-12(24)22-17-15-4-2-5-16(21)18(15)23(19(17)25)10-3-11-26-14-8-6-13(20)7-9-14/h2,4-9,17H,3,10-11H2,1H3,(H,22,24)/t17-/m1/s1. The van der Waals surface area contributed by atoms with Gasteiger partial charge in [0.15, 0.2) is 0 Å². The quantitative estimate of drug-likeness (QED) is 0.756. The first-order valence-corrected chi connectivity index (χ1v) is 8.98. The van der Waals surface area contributed by atoms with Gasteiger partial charge in [0.2, 0.25) is 5.91 Å². The van der Waals surface area contributed by atoms with Crippen LogP contribution in [0.5, 0.6) is 5.75 Å². The predicted molar refractivity (Wildman–Crippen MR) is 102 cm³/mol. The van der Waals surface area contributed by atoms with Crippen molar-refractivity contribution in [2.24, 2.45) is 0 Å². The lowest BCUT2D eigenvalue weighted by Crippen LogP contribution is -2.37. The Bertz CT molecular complexity index is 824. The summed E-state index contributed by atoms with van der Waals surface area (Å²) in [6.45, 7) is 2.27. The van der Waals surface area contributed by atoms with E-state index >= 15 is 0 Å². The Morgan fingerprint density at radius 2 is 1.92 bits per heavy atom. The first kappa shape index (κ1) is 18.5. The summed E-state index contributed by atoms with van der Waals surface area (Å²) in [4.78, 5) is 25.8. The van der Waals surface area contributed by atoms with Gasteiger partial charge in [-0.15, -0.1) is 0 Å². The number of anilines is 1. The molecule has 3 rings (SSSR count). The molecule has 5 nitrogen and oxygen atoms in total. The fraction of sp³-hybridized carbons (Fsp3) is 0.263. The highest BCUT2D eigenvalue weighted by Crippen LogP contribution is 2.41. The Hall–Kier alpha value is -2.24. The van der Waals surface area contributed by atoms with Gasteiger partial charge in [-0.25, -0.2) is 0 Å². The average molecular weight is 393 g/mol. The smallest absolute Gasteiger partial charge is 0.254 e. The molecule has 0 radical (unpaired) electrons. The number of rotatable bonds is 6. The highest BCUT2D eigenvalue weighted by Gasteiger charge is 2.38. The number of fused-ring (bicyclic) bond motifs is 1. The van der Waals surface area contributed by atoms with E-state index < -0.39 is 6.04 Å². The molecule has 7 heteroatoms. The number of amides is 2. The number of hydrogen-bond donors (Lipinski definition) is 1. The van der Waals surface area contributed by atoms with E-state index in [0.717, 1.165) is 11.3 Å².